The molecule has 8 heteroatoms. The zero-order chi connectivity index (χ0) is 16.8. The van der Waals surface area contributed by atoms with Crippen molar-refractivity contribution in [1.29, 1.82) is 0 Å². The first-order chi connectivity index (χ1) is 10.2. The van der Waals surface area contributed by atoms with Crippen molar-refractivity contribution in [2.75, 3.05) is 6.54 Å². The molecule has 1 rings (SSSR count). The lowest BCUT2D eigenvalue weighted by atomic mass is 9.81. The fourth-order valence-corrected chi connectivity index (χ4v) is 2.86. The summed E-state index contributed by atoms with van der Waals surface area (Å²) in [4.78, 5) is 23.4. The zero-order valence-corrected chi connectivity index (χ0v) is 13.3. The summed E-state index contributed by atoms with van der Waals surface area (Å²) in [5.41, 5.74) is -1.03. The van der Waals surface area contributed by atoms with Crippen LogP contribution in [0.1, 0.15) is 46.0 Å². The standard InChI is InChI=1S/C14H27BN2O5/c1-10(2)7-12(18)17-11-8-14(13(19)20,16-9-11)5-3-4-6-15(21)22/h10-11,16,21-22H,3-9H2,1-2H3,(H,17,18)(H,19,20)/t11?,14-/m1/s1. The number of hydrogen-bond acceptors (Lipinski definition) is 5. The Labute approximate surface area is 131 Å². The smallest absolute Gasteiger partial charge is 0.451 e. The van der Waals surface area contributed by atoms with Crippen LogP contribution >= 0.6 is 0 Å². The number of hydrogen-bond donors (Lipinski definition) is 5. The Bertz CT molecular complexity index is 391. The lowest BCUT2D eigenvalue weighted by molar-refractivity contribution is -0.144. The van der Waals surface area contributed by atoms with E-state index in [1.807, 2.05) is 13.8 Å². The van der Waals surface area contributed by atoms with Crippen molar-refractivity contribution < 1.29 is 24.7 Å². The van der Waals surface area contributed by atoms with Crippen molar-refractivity contribution in [2.45, 2.75) is 63.9 Å². The molecule has 0 spiro atoms. The summed E-state index contributed by atoms with van der Waals surface area (Å²) >= 11 is 0. The molecule has 22 heavy (non-hydrogen) atoms. The minimum absolute atomic E-state index is 0.0496. The van der Waals surface area contributed by atoms with Crippen molar-refractivity contribution in [2.24, 2.45) is 5.92 Å². The molecule has 1 heterocycles. The molecule has 1 saturated heterocycles. The van der Waals surface area contributed by atoms with Crippen molar-refractivity contribution >= 4 is 19.0 Å². The normalized spacial score (nSPS) is 24.5. The summed E-state index contributed by atoms with van der Waals surface area (Å²) in [6.07, 6.45) is 2.58. The molecule has 1 unspecified atom stereocenters. The molecule has 1 fully saturated rings. The van der Waals surface area contributed by atoms with Crippen LogP contribution in [0.25, 0.3) is 0 Å². The van der Waals surface area contributed by atoms with Gasteiger partial charge >= 0.3 is 13.1 Å². The number of carboxylic acid groups (broad SMARTS) is 1. The molecular formula is C14H27BN2O5. The zero-order valence-electron chi connectivity index (χ0n) is 13.3. The van der Waals surface area contributed by atoms with Gasteiger partial charge in [-0.15, -0.1) is 0 Å². The van der Waals surface area contributed by atoms with Crippen LogP contribution in [0.3, 0.4) is 0 Å². The fourth-order valence-electron chi connectivity index (χ4n) is 2.86. The largest absolute Gasteiger partial charge is 0.480 e. The lowest BCUT2D eigenvalue weighted by Gasteiger charge is -2.24. The Morgan fingerprint density at radius 1 is 1.36 bits per heavy atom. The van der Waals surface area contributed by atoms with Gasteiger partial charge in [0.2, 0.25) is 5.91 Å². The molecule has 0 aromatic rings. The topological polar surface area (TPSA) is 119 Å². The third kappa shape index (κ3) is 5.94. The molecule has 0 aromatic carbocycles. The predicted octanol–water partition coefficient (Wildman–Crippen LogP) is -0.0229. The first-order valence-corrected chi connectivity index (χ1v) is 7.89. The van der Waals surface area contributed by atoms with Gasteiger partial charge in [0.15, 0.2) is 0 Å². The SMILES string of the molecule is CC(C)CC(=O)NC1CN[C@@](CCCCB(O)O)(C(=O)O)C1. The quantitative estimate of drug-likeness (QED) is 0.301. The molecule has 1 aliphatic heterocycles. The molecule has 7 nitrogen and oxygen atoms in total. The summed E-state index contributed by atoms with van der Waals surface area (Å²) in [6.45, 7) is 4.37. The van der Waals surface area contributed by atoms with Crippen molar-refractivity contribution in [3.63, 3.8) is 0 Å². The number of unbranched alkanes of at least 4 members (excludes halogenated alkanes) is 1. The van der Waals surface area contributed by atoms with Crippen LogP contribution in [0.4, 0.5) is 0 Å². The van der Waals surface area contributed by atoms with Gasteiger partial charge in [0.1, 0.15) is 5.54 Å². The van der Waals surface area contributed by atoms with E-state index in [0.29, 0.717) is 38.6 Å². The number of amides is 1. The van der Waals surface area contributed by atoms with E-state index in [0.717, 1.165) is 0 Å². The molecule has 0 saturated carbocycles. The van der Waals surface area contributed by atoms with E-state index in [4.69, 9.17) is 10.0 Å². The number of carboxylic acids is 1. The van der Waals surface area contributed by atoms with E-state index in [-0.39, 0.29) is 24.2 Å². The number of aliphatic carboxylic acids is 1. The first kappa shape index (κ1) is 18.9. The van der Waals surface area contributed by atoms with Crippen molar-refractivity contribution in [3.8, 4) is 0 Å². The second kappa shape index (κ2) is 8.50. The average Bonchev–Trinajstić information content (AvgIpc) is 2.78. The van der Waals surface area contributed by atoms with Gasteiger partial charge < -0.3 is 20.5 Å². The number of carbonyl (C=O) groups excluding carboxylic acids is 1. The van der Waals surface area contributed by atoms with Crippen LogP contribution in [0, 0.1) is 5.92 Å². The van der Waals surface area contributed by atoms with Crippen molar-refractivity contribution in [1.82, 2.24) is 10.6 Å². The Morgan fingerprint density at radius 2 is 2.05 bits per heavy atom. The van der Waals surface area contributed by atoms with E-state index < -0.39 is 18.6 Å². The highest BCUT2D eigenvalue weighted by atomic mass is 16.4. The van der Waals surface area contributed by atoms with Crippen molar-refractivity contribution in [3.05, 3.63) is 0 Å². The Kier molecular flexibility index (Phi) is 7.31. The highest BCUT2D eigenvalue weighted by molar-refractivity contribution is 6.40. The van der Waals surface area contributed by atoms with Gasteiger partial charge in [-0.1, -0.05) is 26.7 Å². The van der Waals surface area contributed by atoms with Crippen LogP contribution in [0.5, 0.6) is 0 Å². The van der Waals surface area contributed by atoms with Crippen LogP contribution < -0.4 is 10.6 Å². The van der Waals surface area contributed by atoms with Crippen LogP contribution in [0.2, 0.25) is 6.32 Å². The maximum atomic E-state index is 11.8. The predicted molar refractivity (Wildman–Crippen MR) is 83.2 cm³/mol. The van der Waals surface area contributed by atoms with Crippen LogP contribution in [-0.2, 0) is 9.59 Å². The Hall–Kier alpha value is -1.12. The Balaban J connectivity index is 2.48. The minimum atomic E-state index is -1.35. The molecule has 0 aliphatic carbocycles. The van der Waals surface area contributed by atoms with Gasteiger partial charge in [-0.2, -0.15) is 0 Å². The highest BCUT2D eigenvalue weighted by Crippen LogP contribution is 2.27. The molecule has 2 atom stereocenters. The maximum Gasteiger partial charge on any atom is 0.451 e. The fraction of sp³-hybridized carbons (Fsp3) is 0.857. The van der Waals surface area contributed by atoms with Gasteiger partial charge in [-0.25, -0.2) is 0 Å². The van der Waals surface area contributed by atoms with Gasteiger partial charge in [-0.3, -0.25) is 14.9 Å². The number of nitrogens with one attached hydrogen (secondary N) is 2. The summed E-state index contributed by atoms with van der Waals surface area (Å²) in [6, 6.07) is -0.175. The molecule has 0 bridgehead atoms. The third-order valence-electron chi connectivity index (χ3n) is 3.97. The molecule has 5 N–H and O–H groups in total. The van der Waals surface area contributed by atoms with E-state index in [2.05, 4.69) is 10.6 Å². The van der Waals surface area contributed by atoms with Crippen LogP contribution in [-0.4, -0.2) is 52.3 Å². The molecule has 1 amide bonds. The Morgan fingerprint density at radius 3 is 2.59 bits per heavy atom. The second-order valence-electron chi connectivity index (χ2n) is 6.56. The van der Waals surface area contributed by atoms with E-state index >= 15 is 0 Å². The van der Waals surface area contributed by atoms with E-state index in [1.165, 1.54) is 0 Å². The number of carbonyl (C=O) groups is 2. The first-order valence-electron chi connectivity index (χ1n) is 7.89. The summed E-state index contributed by atoms with van der Waals surface area (Å²) in [5.74, 6) is -0.701. The lowest BCUT2D eigenvalue weighted by Crippen LogP contribution is -2.47. The summed E-state index contributed by atoms with van der Waals surface area (Å²) in [5, 5.41) is 33.0. The van der Waals surface area contributed by atoms with E-state index in [1.54, 1.807) is 0 Å². The van der Waals surface area contributed by atoms with Gasteiger partial charge in [0, 0.05) is 19.0 Å². The van der Waals surface area contributed by atoms with Gasteiger partial charge in [-0.05, 0) is 25.1 Å². The highest BCUT2D eigenvalue weighted by Gasteiger charge is 2.45. The summed E-state index contributed by atoms with van der Waals surface area (Å²) in [7, 11) is -1.35. The third-order valence-corrected chi connectivity index (χ3v) is 3.97. The molecule has 1 aliphatic rings. The second-order valence-corrected chi connectivity index (χ2v) is 6.56. The molecule has 0 radical (unpaired) electrons. The molecule has 0 aromatic heterocycles. The number of rotatable bonds is 9. The minimum Gasteiger partial charge on any atom is -0.480 e. The van der Waals surface area contributed by atoms with Crippen LogP contribution in [0.15, 0.2) is 0 Å². The average molecular weight is 314 g/mol. The maximum absolute atomic E-state index is 11.8. The molecular weight excluding hydrogens is 287 g/mol. The summed E-state index contributed by atoms with van der Waals surface area (Å²) < 4.78 is 0. The monoisotopic (exact) mass is 314 g/mol. The van der Waals surface area contributed by atoms with E-state index in [9.17, 15) is 14.7 Å². The molecule has 126 valence electrons. The van der Waals surface area contributed by atoms with Gasteiger partial charge in [0.05, 0.1) is 0 Å². The van der Waals surface area contributed by atoms with Gasteiger partial charge in [0.25, 0.3) is 0 Å².